The second-order valence-corrected chi connectivity index (χ2v) is 7.00. The molecule has 1 heterocycles. The fourth-order valence-electron chi connectivity index (χ4n) is 3.24. The monoisotopic (exact) mass is 392 g/mol. The molecule has 2 aromatic carbocycles. The number of aliphatic carboxylic acids is 1. The second kappa shape index (κ2) is 7.56. The summed E-state index contributed by atoms with van der Waals surface area (Å²) in [6.45, 7) is 1.98. The lowest BCUT2D eigenvalue weighted by atomic mass is 9.92. The summed E-state index contributed by atoms with van der Waals surface area (Å²) in [5.74, 6) is -1.25. The van der Waals surface area contributed by atoms with E-state index in [1.54, 1.807) is 24.3 Å². The summed E-state index contributed by atoms with van der Waals surface area (Å²) in [6.07, 6.45) is 0.907. The number of fused-ring (bicyclic) bond motifs is 1. The van der Waals surface area contributed by atoms with Gasteiger partial charge in [-0.15, -0.1) is 0 Å². The Morgan fingerprint density at radius 2 is 2.00 bits per heavy atom. The number of carbonyl (C=O) groups excluding carboxylic acids is 1. The van der Waals surface area contributed by atoms with Crippen LogP contribution in [0.4, 0.5) is 5.69 Å². The zero-order chi connectivity index (χ0) is 18.8. The summed E-state index contributed by atoms with van der Waals surface area (Å²) in [4.78, 5) is 24.3. The molecule has 0 bridgehead atoms. The van der Waals surface area contributed by atoms with Crippen LogP contribution in [0.1, 0.15) is 40.9 Å². The zero-order valence-corrected chi connectivity index (χ0v) is 15.6. The second-order valence-electron chi connectivity index (χ2n) is 6.16. The van der Waals surface area contributed by atoms with Crippen molar-refractivity contribution < 1.29 is 14.7 Å². The zero-order valence-electron chi connectivity index (χ0n) is 14.1. The molecule has 1 aliphatic heterocycles. The van der Waals surface area contributed by atoms with Crippen LogP contribution < -0.4 is 10.6 Å². The Labute approximate surface area is 161 Å². The molecule has 2 aromatic rings. The van der Waals surface area contributed by atoms with Crippen LogP contribution in [0.25, 0.3) is 0 Å². The molecule has 136 valence electrons. The number of rotatable bonds is 4. The van der Waals surface area contributed by atoms with Crippen molar-refractivity contribution in [3.05, 3.63) is 63.1 Å². The molecule has 0 aliphatic carbocycles. The molecular weight excluding hydrogens is 375 g/mol. The number of benzene rings is 2. The van der Waals surface area contributed by atoms with Crippen LogP contribution in [0.3, 0.4) is 0 Å². The third-order valence-corrected chi connectivity index (χ3v) is 5.02. The maximum absolute atomic E-state index is 12.8. The van der Waals surface area contributed by atoms with Gasteiger partial charge in [-0.1, -0.05) is 48.3 Å². The summed E-state index contributed by atoms with van der Waals surface area (Å²) < 4.78 is 0. The summed E-state index contributed by atoms with van der Waals surface area (Å²) >= 11 is 12.4. The van der Waals surface area contributed by atoms with Crippen LogP contribution in [0.5, 0.6) is 0 Å². The predicted molar refractivity (Wildman–Crippen MR) is 102 cm³/mol. The third-order valence-electron chi connectivity index (χ3n) is 4.49. The summed E-state index contributed by atoms with van der Waals surface area (Å²) in [6, 6.07) is 9.18. The van der Waals surface area contributed by atoms with Gasteiger partial charge in [-0.05, 0) is 30.2 Å². The summed E-state index contributed by atoms with van der Waals surface area (Å²) in [5, 5.41) is 16.1. The number of hydrogen-bond donors (Lipinski definition) is 3. The number of hydrogen-bond acceptors (Lipinski definition) is 3. The Bertz CT molecular complexity index is 870. The molecule has 0 fully saturated rings. The van der Waals surface area contributed by atoms with E-state index < -0.39 is 18.1 Å². The first-order chi connectivity index (χ1) is 12.4. The molecule has 7 heteroatoms. The summed E-state index contributed by atoms with van der Waals surface area (Å²) in [5.41, 5.74) is 2.68. The molecule has 1 aliphatic rings. The van der Waals surface area contributed by atoms with E-state index in [1.807, 2.05) is 19.1 Å². The molecule has 26 heavy (non-hydrogen) atoms. The van der Waals surface area contributed by atoms with Crippen molar-refractivity contribution in [2.75, 3.05) is 5.32 Å². The van der Waals surface area contributed by atoms with Crippen molar-refractivity contribution in [2.45, 2.75) is 31.8 Å². The van der Waals surface area contributed by atoms with E-state index in [-0.39, 0.29) is 12.3 Å². The predicted octanol–water partition coefficient (Wildman–Crippen LogP) is 4.30. The first-order valence-corrected chi connectivity index (χ1v) is 9.03. The van der Waals surface area contributed by atoms with Crippen LogP contribution in [-0.2, 0) is 11.2 Å². The first-order valence-electron chi connectivity index (χ1n) is 8.27. The van der Waals surface area contributed by atoms with E-state index in [4.69, 9.17) is 23.2 Å². The van der Waals surface area contributed by atoms with E-state index in [0.717, 1.165) is 12.0 Å². The Hall–Kier alpha value is -2.24. The third kappa shape index (κ3) is 3.64. The SMILES string of the molecule is CCc1ccccc1C(=O)NC1CC(C(=O)O)Nc2cc(Cl)cc(Cl)c21. The number of carboxylic acids is 1. The molecule has 0 radical (unpaired) electrons. The highest BCUT2D eigenvalue weighted by atomic mass is 35.5. The van der Waals surface area contributed by atoms with Gasteiger partial charge in [0.1, 0.15) is 6.04 Å². The minimum absolute atomic E-state index is 0.184. The summed E-state index contributed by atoms with van der Waals surface area (Å²) in [7, 11) is 0. The largest absolute Gasteiger partial charge is 0.480 e. The highest BCUT2D eigenvalue weighted by molar-refractivity contribution is 6.35. The number of nitrogens with one attached hydrogen (secondary N) is 2. The molecule has 3 N–H and O–H groups in total. The first kappa shape index (κ1) is 18.5. The average molecular weight is 393 g/mol. The van der Waals surface area contributed by atoms with Gasteiger partial charge in [0.25, 0.3) is 5.91 Å². The molecule has 0 spiro atoms. The van der Waals surface area contributed by atoms with Crippen LogP contribution in [-0.4, -0.2) is 23.0 Å². The number of halogens is 2. The van der Waals surface area contributed by atoms with Gasteiger partial charge in [0, 0.05) is 33.3 Å². The number of carbonyl (C=O) groups is 2. The lowest BCUT2D eigenvalue weighted by molar-refractivity contribution is -0.138. The molecular formula is C19H18Cl2N2O3. The lowest BCUT2D eigenvalue weighted by Crippen LogP contribution is -2.41. The fraction of sp³-hybridized carbons (Fsp3) is 0.263. The standard InChI is InChI=1S/C19H18Cl2N2O3/c1-2-10-5-3-4-6-12(10)18(24)23-15-9-16(19(25)26)22-14-8-11(20)7-13(21)17(14)15/h3-8,15-16,22H,2,9H2,1H3,(H,23,24)(H,25,26). The lowest BCUT2D eigenvalue weighted by Gasteiger charge is -2.32. The molecule has 1 amide bonds. The Morgan fingerprint density at radius 1 is 1.27 bits per heavy atom. The van der Waals surface area contributed by atoms with Crippen LogP contribution in [0, 0.1) is 0 Å². The van der Waals surface area contributed by atoms with Crippen LogP contribution in [0.2, 0.25) is 10.0 Å². The smallest absolute Gasteiger partial charge is 0.326 e. The van der Waals surface area contributed by atoms with E-state index in [2.05, 4.69) is 10.6 Å². The molecule has 0 saturated carbocycles. The van der Waals surface area contributed by atoms with Crippen LogP contribution in [0.15, 0.2) is 36.4 Å². The van der Waals surface area contributed by atoms with Gasteiger partial charge in [-0.3, -0.25) is 4.79 Å². The van der Waals surface area contributed by atoms with Gasteiger partial charge < -0.3 is 15.7 Å². The Morgan fingerprint density at radius 3 is 2.69 bits per heavy atom. The van der Waals surface area contributed by atoms with Gasteiger partial charge in [0.15, 0.2) is 0 Å². The average Bonchev–Trinajstić information content (AvgIpc) is 2.60. The highest BCUT2D eigenvalue weighted by Gasteiger charge is 2.33. The maximum Gasteiger partial charge on any atom is 0.326 e. The van der Waals surface area contributed by atoms with Gasteiger partial charge in [-0.25, -0.2) is 4.79 Å². The minimum atomic E-state index is -1.00. The molecule has 0 saturated heterocycles. The fourth-order valence-corrected chi connectivity index (χ4v) is 3.86. The van der Waals surface area contributed by atoms with Crippen LogP contribution >= 0.6 is 23.2 Å². The number of anilines is 1. The van der Waals surface area contributed by atoms with E-state index >= 15 is 0 Å². The number of amides is 1. The molecule has 2 atom stereocenters. The highest BCUT2D eigenvalue weighted by Crippen LogP contribution is 2.40. The van der Waals surface area contributed by atoms with E-state index in [1.165, 1.54) is 0 Å². The Kier molecular flexibility index (Phi) is 5.39. The van der Waals surface area contributed by atoms with Gasteiger partial charge in [-0.2, -0.15) is 0 Å². The molecule has 3 rings (SSSR count). The van der Waals surface area contributed by atoms with Gasteiger partial charge >= 0.3 is 5.97 Å². The minimum Gasteiger partial charge on any atom is -0.480 e. The maximum atomic E-state index is 12.8. The van der Waals surface area contributed by atoms with Gasteiger partial charge in [0.2, 0.25) is 0 Å². The molecule has 2 unspecified atom stereocenters. The van der Waals surface area contributed by atoms with Crippen molar-refractivity contribution in [1.29, 1.82) is 0 Å². The quantitative estimate of drug-likeness (QED) is 0.724. The van der Waals surface area contributed by atoms with Crippen molar-refractivity contribution in [3.8, 4) is 0 Å². The van der Waals surface area contributed by atoms with E-state index in [0.29, 0.717) is 26.9 Å². The van der Waals surface area contributed by atoms with Crippen molar-refractivity contribution in [2.24, 2.45) is 0 Å². The van der Waals surface area contributed by atoms with Crippen molar-refractivity contribution in [3.63, 3.8) is 0 Å². The molecule has 0 aromatic heterocycles. The van der Waals surface area contributed by atoms with Gasteiger partial charge in [0.05, 0.1) is 6.04 Å². The number of carboxylic acid groups (broad SMARTS) is 1. The molecule has 5 nitrogen and oxygen atoms in total. The van der Waals surface area contributed by atoms with Crippen molar-refractivity contribution >= 4 is 40.8 Å². The Balaban J connectivity index is 1.96. The topological polar surface area (TPSA) is 78.4 Å². The number of aryl methyl sites for hydroxylation is 1. The normalized spacial score (nSPS) is 18.6. The van der Waals surface area contributed by atoms with E-state index in [9.17, 15) is 14.7 Å². The van der Waals surface area contributed by atoms with Crippen molar-refractivity contribution in [1.82, 2.24) is 5.32 Å².